The summed E-state index contributed by atoms with van der Waals surface area (Å²) in [4.78, 5) is 0. The Balaban J connectivity index is 1.17. The molecule has 0 bridgehead atoms. The van der Waals surface area contributed by atoms with Gasteiger partial charge in [0.1, 0.15) is 11.5 Å². The monoisotopic (exact) mass is 512 g/mol. The van der Waals surface area contributed by atoms with Gasteiger partial charge in [-0.1, -0.05) is 87.4 Å². The third kappa shape index (κ3) is 7.72. The molecule has 4 aromatic carbocycles. The first-order valence-electron chi connectivity index (χ1n) is 14.5. The van der Waals surface area contributed by atoms with Crippen molar-refractivity contribution in [1.82, 2.24) is 10.6 Å². The van der Waals surface area contributed by atoms with Gasteiger partial charge in [0.15, 0.2) is 0 Å². The summed E-state index contributed by atoms with van der Waals surface area (Å²) in [5, 5.41) is 12.4. The van der Waals surface area contributed by atoms with Crippen LogP contribution < -0.4 is 20.1 Å². The average molecular weight is 513 g/mol. The first kappa shape index (κ1) is 27.9. The molecule has 0 aliphatic rings. The van der Waals surface area contributed by atoms with Crippen molar-refractivity contribution in [3.8, 4) is 11.5 Å². The lowest BCUT2D eigenvalue weighted by atomic mass is 10.0. The summed E-state index contributed by atoms with van der Waals surface area (Å²) in [7, 11) is 0. The minimum atomic E-state index is 0.757. The second-order valence-corrected chi connectivity index (χ2v) is 9.99. The molecule has 4 heteroatoms. The van der Waals surface area contributed by atoms with Gasteiger partial charge in [-0.25, -0.2) is 0 Å². The molecule has 0 unspecified atom stereocenters. The van der Waals surface area contributed by atoms with Gasteiger partial charge >= 0.3 is 0 Å². The lowest BCUT2D eigenvalue weighted by Crippen LogP contribution is -2.17. The Labute approximate surface area is 228 Å². The molecule has 0 radical (unpaired) electrons. The van der Waals surface area contributed by atoms with Gasteiger partial charge in [-0.05, 0) is 72.5 Å². The lowest BCUT2D eigenvalue weighted by Gasteiger charge is -2.15. The normalized spacial score (nSPS) is 11.3. The number of hydrogen-bond acceptors (Lipinski definition) is 4. The Kier molecular flexibility index (Phi) is 11.3. The van der Waals surface area contributed by atoms with Crippen molar-refractivity contribution in [2.75, 3.05) is 26.3 Å². The molecule has 0 aromatic heterocycles. The number of rotatable bonds is 17. The molecule has 38 heavy (non-hydrogen) atoms. The average Bonchev–Trinajstić information content (AvgIpc) is 2.96. The van der Waals surface area contributed by atoms with Crippen LogP contribution in [0.5, 0.6) is 11.5 Å². The zero-order chi connectivity index (χ0) is 26.4. The predicted molar refractivity (Wildman–Crippen MR) is 161 cm³/mol. The largest absolute Gasteiger partial charge is 0.493 e. The standard InChI is InChI=1S/C34H44N2O2/c1-3-23-37-33-19-17-27-13-7-9-15-29(27)31(33)25-35-21-11-5-6-12-22-36-26-32-30-16-10-8-14-28(30)18-20-34(32)38-24-4-2/h7-10,13-20,35-36H,3-6,11-12,21-26H2,1-2H3. The number of hydrogen-bond donors (Lipinski definition) is 2. The highest BCUT2D eigenvalue weighted by Gasteiger charge is 2.10. The maximum atomic E-state index is 6.05. The smallest absolute Gasteiger partial charge is 0.124 e. The van der Waals surface area contributed by atoms with Gasteiger partial charge in [0.25, 0.3) is 0 Å². The molecule has 202 valence electrons. The SMILES string of the molecule is CCCOc1ccc2ccccc2c1CNCCCCCCNCc1c(OCCC)ccc2ccccc12. The molecule has 0 aliphatic heterocycles. The van der Waals surface area contributed by atoms with E-state index < -0.39 is 0 Å². The predicted octanol–water partition coefficient (Wildman–Crippen LogP) is 8.01. The van der Waals surface area contributed by atoms with Gasteiger partial charge in [0, 0.05) is 24.2 Å². The number of nitrogens with one attached hydrogen (secondary N) is 2. The van der Waals surface area contributed by atoms with Gasteiger partial charge in [-0.3, -0.25) is 0 Å². The van der Waals surface area contributed by atoms with Crippen molar-refractivity contribution >= 4 is 21.5 Å². The van der Waals surface area contributed by atoms with Gasteiger partial charge in [0.05, 0.1) is 13.2 Å². The summed E-state index contributed by atoms with van der Waals surface area (Å²) in [6.45, 7) is 9.55. The van der Waals surface area contributed by atoms with Crippen molar-refractivity contribution in [3.63, 3.8) is 0 Å². The fourth-order valence-electron chi connectivity index (χ4n) is 4.97. The summed E-state index contributed by atoms with van der Waals surface area (Å²) < 4.78 is 12.1. The van der Waals surface area contributed by atoms with E-state index >= 15 is 0 Å². The van der Waals surface area contributed by atoms with E-state index in [0.29, 0.717) is 0 Å². The van der Waals surface area contributed by atoms with Crippen LogP contribution in [0.2, 0.25) is 0 Å². The number of benzene rings is 4. The highest BCUT2D eigenvalue weighted by atomic mass is 16.5. The van der Waals surface area contributed by atoms with E-state index in [1.165, 1.54) is 58.4 Å². The van der Waals surface area contributed by atoms with Gasteiger partial charge < -0.3 is 20.1 Å². The molecule has 0 fully saturated rings. The first-order valence-corrected chi connectivity index (χ1v) is 14.5. The quantitative estimate of drug-likeness (QED) is 0.141. The molecule has 0 saturated carbocycles. The van der Waals surface area contributed by atoms with Crippen molar-refractivity contribution in [2.45, 2.75) is 65.5 Å². The molecule has 4 nitrogen and oxygen atoms in total. The van der Waals surface area contributed by atoms with Crippen LogP contribution in [0.3, 0.4) is 0 Å². The number of unbranched alkanes of at least 4 members (excludes halogenated alkanes) is 3. The van der Waals surface area contributed by atoms with E-state index in [0.717, 1.165) is 63.7 Å². The highest BCUT2D eigenvalue weighted by molar-refractivity contribution is 5.88. The first-order chi connectivity index (χ1) is 18.8. The molecule has 0 spiro atoms. The zero-order valence-corrected chi connectivity index (χ0v) is 23.2. The molecule has 4 aromatic rings. The summed E-state index contributed by atoms with van der Waals surface area (Å²) in [5.41, 5.74) is 2.55. The van der Waals surface area contributed by atoms with Crippen LogP contribution >= 0.6 is 0 Å². The highest BCUT2D eigenvalue weighted by Crippen LogP contribution is 2.29. The van der Waals surface area contributed by atoms with Crippen molar-refractivity contribution < 1.29 is 9.47 Å². The Morgan fingerprint density at radius 1 is 0.526 bits per heavy atom. The molecule has 4 rings (SSSR count). The Bertz CT molecular complexity index is 1170. The third-order valence-electron chi connectivity index (χ3n) is 6.98. The molecule has 2 N–H and O–H groups in total. The molecule has 0 heterocycles. The van der Waals surface area contributed by atoms with Crippen LogP contribution in [0.1, 0.15) is 63.5 Å². The van der Waals surface area contributed by atoms with Crippen LogP contribution in [0.4, 0.5) is 0 Å². The number of ether oxygens (including phenoxy) is 2. The topological polar surface area (TPSA) is 42.5 Å². The van der Waals surface area contributed by atoms with E-state index in [9.17, 15) is 0 Å². The zero-order valence-electron chi connectivity index (χ0n) is 23.2. The van der Waals surface area contributed by atoms with Crippen LogP contribution in [0.25, 0.3) is 21.5 Å². The molecular formula is C34H44N2O2. The van der Waals surface area contributed by atoms with E-state index in [1.807, 2.05) is 0 Å². The van der Waals surface area contributed by atoms with Crippen LogP contribution in [-0.4, -0.2) is 26.3 Å². The van der Waals surface area contributed by atoms with Gasteiger partial charge in [-0.2, -0.15) is 0 Å². The van der Waals surface area contributed by atoms with Crippen molar-refractivity contribution in [1.29, 1.82) is 0 Å². The molecular weight excluding hydrogens is 468 g/mol. The second-order valence-electron chi connectivity index (χ2n) is 9.99. The van der Waals surface area contributed by atoms with Gasteiger partial charge in [0.2, 0.25) is 0 Å². The minimum Gasteiger partial charge on any atom is -0.493 e. The van der Waals surface area contributed by atoms with E-state index in [-0.39, 0.29) is 0 Å². The summed E-state index contributed by atoms with van der Waals surface area (Å²) in [6.07, 6.45) is 6.89. The Hall–Kier alpha value is -3.08. The summed E-state index contributed by atoms with van der Waals surface area (Å²) in [5.74, 6) is 2.03. The summed E-state index contributed by atoms with van der Waals surface area (Å²) >= 11 is 0. The second kappa shape index (κ2) is 15.4. The van der Waals surface area contributed by atoms with E-state index in [2.05, 4.69) is 97.3 Å². The molecule has 0 amide bonds. The maximum Gasteiger partial charge on any atom is 0.124 e. The maximum absolute atomic E-state index is 6.05. The van der Waals surface area contributed by atoms with E-state index in [4.69, 9.17) is 9.47 Å². The molecule has 0 aliphatic carbocycles. The van der Waals surface area contributed by atoms with Crippen molar-refractivity contribution in [3.05, 3.63) is 83.9 Å². The fourth-order valence-corrected chi connectivity index (χ4v) is 4.97. The van der Waals surface area contributed by atoms with Crippen molar-refractivity contribution in [2.24, 2.45) is 0 Å². The lowest BCUT2D eigenvalue weighted by molar-refractivity contribution is 0.313. The fraction of sp³-hybridized carbons (Fsp3) is 0.412. The summed E-state index contributed by atoms with van der Waals surface area (Å²) in [6, 6.07) is 25.8. The minimum absolute atomic E-state index is 0.757. The van der Waals surface area contributed by atoms with E-state index in [1.54, 1.807) is 0 Å². The Morgan fingerprint density at radius 2 is 0.974 bits per heavy atom. The number of fused-ring (bicyclic) bond motifs is 2. The van der Waals surface area contributed by atoms with Crippen LogP contribution in [-0.2, 0) is 13.1 Å². The van der Waals surface area contributed by atoms with Gasteiger partial charge in [-0.15, -0.1) is 0 Å². The Morgan fingerprint density at radius 3 is 1.42 bits per heavy atom. The van der Waals surface area contributed by atoms with Crippen LogP contribution in [0, 0.1) is 0 Å². The van der Waals surface area contributed by atoms with Crippen LogP contribution in [0.15, 0.2) is 72.8 Å². The molecule has 0 saturated heterocycles. The third-order valence-corrected chi connectivity index (χ3v) is 6.98. The molecule has 0 atom stereocenters.